The van der Waals surface area contributed by atoms with Crippen molar-refractivity contribution in [1.29, 1.82) is 0 Å². The second-order valence-corrected chi connectivity index (χ2v) is 14.2. The average Bonchev–Trinajstić information content (AvgIpc) is 3.16. The highest BCUT2D eigenvalue weighted by Crippen LogP contribution is 2.38. The molecule has 0 aliphatic rings. The monoisotopic (exact) mass is 632 g/mol. The van der Waals surface area contributed by atoms with Gasteiger partial charge in [0.2, 0.25) is 0 Å². The lowest BCUT2D eigenvalue weighted by molar-refractivity contribution is 1.35. The Morgan fingerprint density at radius 3 is 1.58 bits per heavy atom. The van der Waals surface area contributed by atoms with Crippen molar-refractivity contribution in [3.63, 3.8) is 0 Å². The average molecular weight is 633 g/mol. The van der Waals surface area contributed by atoms with Crippen LogP contribution in [-0.2, 0) is 0 Å². The Morgan fingerprint density at radius 2 is 0.979 bits per heavy atom. The second-order valence-electron chi connectivity index (χ2n) is 12.0. The van der Waals surface area contributed by atoms with Crippen LogP contribution in [0.4, 0.5) is 0 Å². The molecule has 4 nitrogen and oxygen atoms in total. The van der Waals surface area contributed by atoms with E-state index in [1.165, 1.54) is 21.5 Å². The number of pyridine rings is 4. The molecule has 0 amide bonds. The maximum Gasteiger partial charge on any atom is 0.0972 e. The van der Waals surface area contributed by atoms with Crippen molar-refractivity contribution in [2.24, 2.45) is 0 Å². The highest BCUT2D eigenvalue weighted by molar-refractivity contribution is 7.80. The van der Waals surface area contributed by atoms with Crippen LogP contribution in [0, 0.1) is 6.92 Å². The van der Waals surface area contributed by atoms with Gasteiger partial charge in [-0.1, -0.05) is 103 Å². The molecule has 9 rings (SSSR count). The first kappa shape index (κ1) is 28.4. The number of rotatable bonds is 5. The minimum Gasteiger partial charge on any atom is -0.254 e. The quantitative estimate of drug-likeness (QED) is 0.140. The summed E-state index contributed by atoms with van der Waals surface area (Å²) in [5.74, 6) is 0. The first-order valence-electron chi connectivity index (χ1n) is 16.1. The number of nitrogens with zero attached hydrogens (tertiary/aromatic N) is 4. The largest absolute Gasteiger partial charge is 0.254 e. The first-order valence-corrected chi connectivity index (χ1v) is 17.4. The number of aryl methyl sites for hydroxylation is 1. The van der Waals surface area contributed by atoms with Gasteiger partial charge < -0.3 is 0 Å². The van der Waals surface area contributed by atoms with Crippen LogP contribution in [0.25, 0.3) is 66.1 Å². The van der Waals surface area contributed by atoms with Gasteiger partial charge in [0.05, 0.1) is 33.5 Å². The Balaban J connectivity index is 1.17. The number of hydrogen-bond donors (Lipinski definition) is 0. The number of fused-ring (bicyclic) bond motifs is 6. The molecule has 0 N–H and O–H groups in total. The van der Waals surface area contributed by atoms with Gasteiger partial charge in [0.15, 0.2) is 0 Å². The van der Waals surface area contributed by atoms with Crippen molar-refractivity contribution in [2.75, 3.05) is 0 Å². The fourth-order valence-electron chi connectivity index (χ4n) is 6.73. The van der Waals surface area contributed by atoms with Crippen LogP contribution in [0.15, 0.2) is 158 Å². The molecule has 226 valence electrons. The van der Waals surface area contributed by atoms with Crippen LogP contribution in [0.3, 0.4) is 0 Å². The maximum absolute atomic E-state index is 5.27. The van der Waals surface area contributed by atoms with E-state index < -0.39 is 7.92 Å². The summed E-state index contributed by atoms with van der Waals surface area (Å²) in [6, 6.07) is 51.5. The van der Waals surface area contributed by atoms with E-state index in [9.17, 15) is 0 Å². The summed E-state index contributed by atoms with van der Waals surface area (Å²) in [7, 11) is -0.806. The van der Waals surface area contributed by atoms with Gasteiger partial charge in [-0.3, -0.25) is 9.97 Å². The summed E-state index contributed by atoms with van der Waals surface area (Å²) in [4.78, 5) is 20.0. The van der Waals surface area contributed by atoms with Gasteiger partial charge in [0, 0.05) is 45.1 Å². The van der Waals surface area contributed by atoms with E-state index in [0.717, 1.165) is 66.1 Å². The van der Waals surface area contributed by atoms with Gasteiger partial charge in [0.1, 0.15) is 0 Å². The number of aromatic nitrogens is 4. The lowest BCUT2D eigenvalue weighted by Gasteiger charge is -2.22. The van der Waals surface area contributed by atoms with Crippen molar-refractivity contribution in [1.82, 2.24) is 19.9 Å². The van der Waals surface area contributed by atoms with Crippen molar-refractivity contribution >= 4 is 67.4 Å². The van der Waals surface area contributed by atoms with E-state index in [1.54, 1.807) is 0 Å². The molecular formula is C43H29N4P. The zero-order valence-corrected chi connectivity index (χ0v) is 27.1. The van der Waals surface area contributed by atoms with Crippen molar-refractivity contribution in [3.05, 3.63) is 164 Å². The van der Waals surface area contributed by atoms with Crippen molar-refractivity contribution < 1.29 is 0 Å². The van der Waals surface area contributed by atoms with E-state index in [-0.39, 0.29) is 0 Å². The molecule has 0 aliphatic carbocycles. The number of benzene rings is 5. The van der Waals surface area contributed by atoms with E-state index in [2.05, 4.69) is 140 Å². The molecule has 48 heavy (non-hydrogen) atoms. The molecule has 0 fully saturated rings. The minimum absolute atomic E-state index is 0.806. The molecule has 0 spiro atoms. The zero-order valence-electron chi connectivity index (χ0n) is 26.2. The summed E-state index contributed by atoms with van der Waals surface area (Å²) in [6.07, 6.45) is 3.72. The summed E-state index contributed by atoms with van der Waals surface area (Å²) < 4.78 is 0. The molecule has 0 bridgehead atoms. The third-order valence-corrected chi connectivity index (χ3v) is 11.5. The third-order valence-electron chi connectivity index (χ3n) is 9.01. The normalized spacial score (nSPS) is 11.6. The van der Waals surface area contributed by atoms with Crippen molar-refractivity contribution in [2.45, 2.75) is 6.92 Å². The summed E-state index contributed by atoms with van der Waals surface area (Å²) in [5, 5.41) is 8.36. The molecule has 0 atom stereocenters. The Labute approximate surface area is 279 Å². The van der Waals surface area contributed by atoms with Crippen LogP contribution < -0.4 is 15.9 Å². The lowest BCUT2D eigenvalue weighted by atomic mass is 10.0. The molecule has 5 aromatic carbocycles. The Kier molecular flexibility index (Phi) is 6.96. The highest BCUT2D eigenvalue weighted by Gasteiger charge is 2.21. The predicted molar refractivity (Wildman–Crippen MR) is 202 cm³/mol. The van der Waals surface area contributed by atoms with Gasteiger partial charge in [-0.25, -0.2) is 9.97 Å². The van der Waals surface area contributed by atoms with Gasteiger partial charge in [-0.15, -0.1) is 0 Å². The highest BCUT2D eigenvalue weighted by atomic mass is 31.1. The van der Waals surface area contributed by atoms with Crippen LogP contribution in [0.2, 0.25) is 0 Å². The van der Waals surface area contributed by atoms with Crippen LogP contribution in [0.1, 0.15) is 5.56 Å². The molecule has 0 radical (unpaired) electrons. The molecule has 0 saturated heterocycles. The molecule has 4 aromatic heterocycles. The zero-order chi connectivity index (χ0) is 32.0. The fraction of sp³-hybridized carbons (Fsp3) is 0.0233. The standard InChI is InChI=1S/C43H29N4P/c1-28-25-31-19-21-37(46-40(31)42-35(28)17-9-23-44-42)29-11-8-12-30(26-29)38-22-20-32-27-39(36-18-10-24-45-43(36)41(32)47-38)48(33-13-4-2-5-14-33)34-15-6-3-7-16-34/h2-27H,1H3. The van der Waals surface area contributed by atoms with Crippen LogP contribution >= 0.6 is 7.92 Å². The fourth-order valence-corrected chi connectivity index (χ4v) is 9.21. The maximum atomic E-state index is 5.27. The molecule has 0 saturated carbocycles. The van der Waals surface area contributed by atoms with Gasteiger partial charge >= 0.3 is 0 Å². The molecule has 0 unspecified atom stereocenters. The third kappa shape index (κ3) is 4.90. The molecule has 5 heteroatoms. The van der Waals surface area contributed by atoms with Crippen LogP contribution in [-0.4, -0.2) is 19.9 Å². The first-order chi connectivity index (χ1) is 23.7. The van der Waals surface area contributed by atoms with Crippen molar-refractivity contribution in [3.8, 4) is 22.5 Å². The summed E-state index contributed by atoms with van der Waals surface area (Å²) >= 11 is 0. The summed E-state index contributed by atoms with van der Waals surface area (Å²) in [5.41, 5.74) is 8.77. The predicted octanol–water partition coefficient (Wildman–Crippen LogP) is 9.28. The molecule has 9 aromatic rings. The van der Waals surface area contributed by atoms with E-state index >= 15 is 0 Å². The van der Waals surface area contributed by atoms with E-state index in [0.29, 0.717) is 0 Å². The van der Waals surface area contributed by atoms with Crippen LogP contribution in [0.5, 0.6) is 0 Å². The van der Waals surface area contributed by atoms with E-state index in [4.69, 9.17) is 19.9 Å². The minimum atomic E-state index is -0.806. The number of hydrogen-bond acceptors (Lipinski definition) is 4. The topological polar surface area (TPSA) is 51.6 Å². The molecular weight excluding hydrogens is 603 g/mol. The second kappa shape index (κ2) is 11.8. The smallest absolute Gasteiger partial charge is 0.0972 e. The summed E-state index contributed by atoms with van der Waals surface area (Å²) in [6.45, 7) is 2.13. The molecule has 4 heterocycles. The van der Waals surface area contributed by atoms with Gasteiger partial charge in [-0.05, 0) is 78.8 Å². The Morgan fingerprint density at radius 1 is 0.438 bits per heavy atom. The SMILES string of the molecule is Cc1cc2ccc(-c3cccc(-c4ccc5cc(P(c6ccccc6)c6ccccc6)c6cccnc6c5n4)c3)nc2c2ncccc12. The van der Waals surface area contributed by atoms with E-state index in [1.807, 2.05) is 24.5 Å². The molecule has 0 aliphatic heterocycles. The van der Waals surface area contributed by atoms with Gasteiger partial charge in [0.25, 0.3) is 0 Å². The Bertz CT molecular complexity index is 2600. The van der Waals surface area contributed by atoms with Gasteiger partial charge in [-0.2, -0.15) is 0 Å². The Hall–Kier alpha value is -5.83. The lowest BCUT2D eigenvalue weighted by Crippen LogP contribution is -2.21.